The van der Waals surface area contributed by atoms with Crippen LogP contribution in [-0.4, -0.2) is 150 Å². The smallest absolute Gasteiger partial charge is 0.309 e. The summed E-state index contributed by atoms with van der Waals surface area (Å²) in [7, 11) is 7.43. The zero-order valence-corrected chi connectivity index (χ0v) is 41.0. The van der Waals surface area contributed by atoms with Crippen molar-refractivity contribution >= 4 is 23.8 Å². The molecule has 12 nitrogen and oxygen atoms in total. The third-order valence-corrected chi connectivity index (χ3v) is 12.0. The number of carbonyl (C=O) groups excluding carboxylic acids is 4. The number of esters is 2. The van der Waals surface area contributed by atoms with E-state index < -0.39 is 0 Å². The van der Waals surface area contributed by atoms with E-state index in [4.69, 9.17) is 18.9 Å². The van der Waals surface area contributed by atoms with Crippen LogP contribution in [0.3, 0.4) is 0 Å². The van der Waals surface area contributed by atoms with Gasteiger partial charge in [0.1, 0.15) is 0 Å². The van der Waals surface area contributed by atoms with Gasteiger partial charge in [0.05, 0.1) is 25.0 Å². The highest BCUT2D eigenvalue weighted by Crippen LogP contribution is 2.29. The summed E-state index contributed by atoms with van der Waals surface area (Å²) in [6.45, 7) is 15.1. The first-order valence-electron chi connectivity index (χ1n) is 24.2. The SMILES string of the molecule is COCCCN(CCCOC(=O)C1CC=C(CCC=C(C)C)CC1)C(=O)CCN(CCCN(C)C)CCC(=O)N(CCCOC)CCCOC(=O)C1CC=C(CCC=C(C)C)CC1. The molecule has 0 aromatic rings. The largest absolute Gasteiger partial charge is 0.465 e. The molecular formula is C51H88N4O8. The van der Waals surface area contributed by atoms with Crippen molar-refractivity contribution in [2.45, 2.75) is 137 Å². The van der Waals surface area contributed by atoms with Gasteiger partial charge in [0.2, 0.25) is 11.8 Å². The molecule has 0 N–H and O–H groups in total. The van der Waals surface area contributed by atoms with Crippen molar-refractivity contribution < 1.29 is 38.1 Å². The zero-order valence-electron chi connectivity index (χ0n) is 41.0. The van der Waals surface area contributed by atoms with Gasteiger partial charge in [-0.1, -0.05) is 46.6 Å². The predicted octanol–water partition coefficient (Wildman–Crippen LogP) is 8.56. The van der Waals surface area contributed by atoms with E-state index in [0.717, 1.165) is 96.6 Å². The van der Waals surface area contributed by atoms with Crippen molar-refractivity contribution in [1.29, 1.82) is 0 Å². The second-order valence-electron chi connectivity index (χ2n) is 18.3. The maximum Gasteiger partial charge on any atom is 0.309 e. The molecule has 2 unspecified atom stereocenters. The summed E-state index contributed by atoms with van der Waals surface area (Å²) in [5.41, 5.74) is 5.54. The third kappa shape index (κ3) is 26.3. The molecule has 0 spiro atoms. The number of carbonyl (C=O) groups is 4. The zero-order chi connectivity index (χ0) is 46.2. The Bertz CT molecular complexity index is 1350. The monoisotopic (exact) mass is 885 g/mol. The van der Waals surface area contributed by atoms with Gasteiger partial charge in [0, 0.05) is 79.5 Å². The van der Waals surface area contributed by atoms with Crippen LogP contribution in [0.5, 0.6) is 0 Å². The lowest BCUT2D eigenvalue weighted by Gasteiger charge is -2.28. The van der Waals surface area contributed by atoms with Crippen LogP contribution in [0.1, 0.15) is 137 Å². The molecule has 0 aliphatic heterocycles. The fourth-order valence-electron chi connectivity index (χ4n) is 8.14. The molecule has 360 valence electrons. The minimum atomic E-state index is -0.136. The number of rotatable bonds is 34. The van der Waals surface area contributed by atoms with Crippen molar-refractivity contribution in [3.05, 3.63) is 46.6 Å². The molecule has 2 rings (SSSR count). The van der Waals surface area contributed by atoms with Gasteiger partial charge in [-0.05, 0) is 151 Å². The van der Waals surface area contributed by atoms with E-state index in [1.165, 1.54) is 22.3 Å². The van der Waals surface area contributed by atoms with Gasteiger partial charge in [-0.15, -0.1) is 0 Å². The molecule has 12 heteroatoms. The Morgan fingerprint density at radius 1 is 0.571 bits per heavy atom. The maximum atomic E-state index is 13.7. The predicted molar refractivity (Wildman–Crippen MR) is 254 cm³/mol. The summed E-state index contributed by atoms with van der Waals surface area (Å²) in [5, 5.41) is 0. The Labute approximate surface area is 382 Å². The first kappa shape index (κ1) is 55.8. The lowest BCUT2D eigenvalue weighted by Crippen LogP contribution is -2.39. The van der Waals surface area contributed by atoms with E-state index in [-0.39, 0.29) is 35.6 Å². The highest BCUT2D eigenvalue weighted by atomic mass is 16.5. The molecule has 2 aliphatic carbocycles. The van der Waals surface area contributed by atoms with Gasteiger partial charge < -0.3 is 38.5 Å². The fourth-order valence-corrected chi connectivity index (χ4v) is 8.14. The van der Waals surface area contributed by atoms with Crippen molar-refractivity contribution in [3.8, 4) is 0 Å². The standard InChI is InChI=1S/C51H88N4O8/c1-42(2)16-9-18-44-20-24-46(25-21-44)50(58)62-40-14-34-54(32-12-38-60-7)48(56)28-36-53(31-11-30-52(5)6)37-29-49(57)55(33-13-39-61-8)35-15-41-63-51(59)47-26-22-45(23-27-47)19-10-17-43(3)4/h16-17,20,22,46-47H,9-15,18-19,21,23-41H2,1-8H3. The van der Waals surface area contributed by atoms with E-state index in [9.17, 15) is 19.2 Å². The molecule has 0 fully saturated rings. The van der Waals surface area contributed by atoms with Crippen LogP contribution in [0.15, 0.2) is 46.6 Å². The highest BCUT2D eigenvalue weighted by Gasteiger charge is 2.25. The van der Waals surface area contributed by atoms with Crippen molar-refractivity contribution in [2.24, 2.45) is 11.8 Å². The van der Waals surface area contributed by atoms with Gasteiger partial charge in [-0.25, -0.2) is 0 Å². The molecule has 0 aromatic carbocycles. The number of amides is 2. The molecule has 0 saturated carbocycles. The van der Waals surface area contributed by atoms with Crippen LogP contribution in [0.4, 0.5) is 0 Å². The second kappa shape index (κ2) is 34.1. The van der Waals surface area contributed by atoms with Crippen LogP contribution >= 0.6 is 0 Å². The molecule has 2 aliphatic rings. The Hall–Kier alpha value is -3.32. The first-order valence-corrected chi connectivity index (χ1v) is 24.2. The first-order chi connectivity index (χ1) is 30.3. The topological polar surface area (TPSA) is 118 Å². The second-order valence-corrected chi connectivity index (χ2v) is 18.3. The minimum Gasteiger partial charge on any atom is -0.465 e. The van der Waals surface area contributed by atoms with Gasteiger partial charge >= 0.3 is 11.9 Å². The molecule has 0 aromatic heterocycles. The van der Waals surface area contributed by atoms with Crippen LogP contribution < -0.4 is 0 Å². The van der Waals surface area contributed by atoms with Crippen LogP contribution in [0.2, 0.25) is 0 Å². The van der Waals surface area contributed by atoms with E-state index in [0.29, 0.717) is 91.4 Å². The Morgan fingerprint density at radius 2 is 0.984 bits per heavy atom. The van der Waals surface area contributed by atoms with Crippen molar-refractivity contribution in [3.63, 3.8) is 0 Å². The number of hydrogen-bond donors (Lipinski definition) is 0. The highest BCUT2D eigenvalue weighted by molar-refractivity contribution is 5.77. The Balaban J connectivity index is 1.89. The van der Waals surface area contributed by atoms with Crippen LogP contribution in [0.25, 0.3) is 0 Å². The number of allylic oxidation sites excluding steroid dienone is 8. The van der Waals surface area contributed by atoms with E-state index in [2.05, 4.69) is 61.8 Å². The molecule has 2 amide bonds. The lowest BCUT2D eigenvalue weighted by atomic mass is 9.88. The number of nitrogens with zero attached hydrogens (tertiary/aromatic N) is 4. The summed E-state index contributed by atoms with van der Waals surface area (Å²) in [4.78, 5) is 61.3. The quantitative estimate of drug-likeness (QED) is 0.0354. The van der Waals surface area contributed by atoms with Crippen molar-refractivity contribution in [1.82, 2.24) is 19.6 Å². The van der Waals surface area contributed by atoms with E-state index in [1.807, 2.05) is 23.9 Å². The van der Waals surface area contributed by atoms with Crippen LogP contribution in [0, 0.1) is 11.8 Å². The molecule has 0 heterocycles. The summed E-state index contributed by atoms with van der Waals surface area (Å²) in [6, 6.07) is 0. The van der Waals surface area contributed by atoms with Gasteiger partial charge in [0.15, 0.2) is 0 Å². The average Bonchev–Trinajstić information content (AvgIpc) is 3.25. The summed E-state index contributed by atoms with van der Waals surface area (Å²) < 4.78 is 22.0. The van der Waals surface area contributed by atoms with Gasteiger partial charge in [-0.3, -0.25) is 19.2 Å². The minimum absolute atomic E-state index is 0.0549. The summed E-state index contributed by atoms with van der Waals surface area (Å²) in [6.07, 6.45) is 22.4. The average molecular weight is 885 g/mol. The number of hydrogen-bond acceptors (Lipinski definition) is 10. The third-order valence-electron chi connectivity index (χ3n) is 12.0. The Morgan fingerprint density at radius 3 is 1.33 bits per heavy atom. The Kier molecular flexibility index (Phi) is 30.2. The molecule has 0 bridgehead atoms. The van der Waals surface area contributed by atoms with Gasteiger partial charge in [0.25, 0.3) is 0 Å². The van der Waals surface area contributed by atoms with E-state index >= 15 is 0 Å². The lowest BCUT2D eigenvalue weighted by molar-refractivity contribution is -0.150. The molecule has 0 saturated heterocycles. The molecule has 2 atom stereocenters. The van der Waals surface area contributed by atoms with Crippen LogP contribution in [-0.2, 0) is 38.1 Å². The van der Waals surface area contributed by atoms with Gasteiger partial charge in [-0.2, -0.15) is 0 Å². The van der Waals surface area contributed by atoms with Crippen molar-refractivity contribution in [2.75, 3.05) is 107 Å². The van der Waals surface area contributed by atoms with E-state index in [1.54, 1.807) is 14.2 Å². The molecule has 0 radical (unpaired) electrons. The summed E-state index contributed by atoms with van der Waals surface area (Å²) >= 11 is 0. The summed E-state index contributed by atoms with van der Waals surface area (Å²) in [5.74, 6) is -0.348. The normalized spacial score (nSPS) is 16.3. The molecule has 63 heavy (non-hydrogen) atoms. The number of ether oxygens (including phenoxy) is 4. The molecular weight excluding hydrogens is 797 g/mol. The fraction of sp³-hybridized carbons (Fsp3) is 0.765. The maximum absolute atomic E-state index is 13.7. The number of methoxy groups -OCH3 is 2.